The molecule has 2 amide bonds. The number of ether oxygens (including phenoxy) is 1. The number of hydrogen-bond donors (Lipinski definition) is 4. The Labute approximate surface area is 252 Å². The summed E-state index contributed by atoms with van der Waals surface area (Å²) in [4.78, 5) is 37.5. The number of rotatable bonds is 14. The smallest absolute Gasteiger partial charge is 0.396 e. The quantitative estimate of drug-likeness (QED) is 0.0930. The summed E-state index contributed by atoms with van der Waals surface area (Å²) in [7, 11) is -2.85. The number of nitrogens with two attached hydrogens (primary N) is 1. The molecule has 0 unspecified atom stereocenters. The Morgan fingerprint density at radius 1 is 1.00 bits per heavy atom. The van der Waals surface area contributed by atoms with Gasteiger partial charge in [0.05, 0.1) is 18.6 Å². The molecule has 0 aromatic heterocycles. The van der Waals surface area contributed by atoms with Crippen molar-refractivity contribution in [2.45, 2.75) is 50.1 Å². The number of hydrogen-bond acceptors (Lipinski definition) is 8. The standard InChI is InChI=1S/C31H40N4O7S/c1-21(2)19-35(43(40,41)26-15-13-24(32)14-16-26)25(20-36)11-7-17-33-29(37)28(34-30(38)31(39)42-3)18-23-10-6-9-22-8-4-5-12-27(22)23/h4-6,8-10,12-16,21,25,28,36H,7,11,17-20,32H2,1-3H3,(H,33,37)(H,34,38)/t25-,28-/m0/s1. The summed E-state index contributed by atoms with van der Waals surface area (Å²) >= 11 is 0. The molecule has 11 nitrogen and oxygen atoms in total. The van der Waals surface area contributed by atoms with Crippen LogP contribution in [0.4, 0.5) is 5.69 Å². The number of esters is 1. The van der Waals surface area contributed by atoms with Gasteiger partial charge in [-0.15, -0.1) is 0 Å². The highest BCUT2D eigenvalue weighted by Crippen LogP contribution is 2.23. The minimum absolute atomic E-state index is 0.00874. The molecular weight excluding hydrogens is 572 g/mol. The van der Waals surface area contributed by atoms with Crippen LogP contribution < -0.4 is 16.4 Å². The lowest BCUT2D eigenvalue weighted by atomic mass is 9.98. The highest BCUT2D eigenvalue weighted by Gasteiger charge is 2.32. The van der Waals surface area contributed by atoms with Gasteiger partial charge in [-0.05, 0) is 59.4 Å². The van der Waals surface area contributed by atoms with Crippen LogP contribution in [0.1, 0.15) is 32.3 Å². The molecule has 3 rings (SSSR count). The van der Waals surface area contributed by atoms with Crippen LogP contribution in [0, 0.1) is 5.92 Å². The molecule has 0 saturated heterocycles. The van der Waals surface area contributed by atoms with E-state index in [4.69, 9.17) is 5.73 Å². The summed E-state index contributed by atoms with van der Waals surface area (Å²) < 4.78 is 32.8. The van der Waals surface area contributed by atoms with E-state index < -0.39 is 46.5 Å². The van der Waals surface area contributed by atoms with Crippen molar-refractivity contribution in [3.05, 3.63) is 72.3 Å². The van der Waals surface area contributed by atoms with Gasteiger partial charge in [0, 0.05) is 31.2 Å². The number of nitrogens with one attached hydrogen (secondary N) is 2. The molecule has 0 aliphatic carbocycles. The summed E-state index contributed by atoms with van der Waals surface area (Å²) in [5.74, 6) is -2.68. The first-order chi connectivity index (χ1) is 20.5. The largest absolute Gasteiger partial charge is 0.462 e. The minimum atomic E-state index is -3.93. The van der Waals surface area contributed by atoms with Crippen LogP contribution in [-0.2, 0) is 35.6 Å². The van der Waals surface area contributed by atoms with Crippen molar-refractivity contribution >= 4 is 44.3 Å². The first-order valence-corrected chi connectivity index (χ1v) is 15.5. The van der Waals surface area contributed by atoms with Crippen molar-refractivity contribution in [3.63, 3.8) is 0 Å². The topological polar surface area (TPSA) is 168 Å². The van der Waals surface area contributed by atoms with Crippen molar-refractivity contribution in [2.24, 2.45) is 5.92 Å². The van der Waals surface area contributed by atoms with Crippen molar-refractivity contribution < 1.29 is 32.6 Å². The molecule has 0 bridgehead atoms. The number of nitrogen functional groups attached to an aromatic ring is 1. The average Bonchev–Trinajstić information content (AvgIpc) is 2.99. The maximum absolute atomic E-state index is 13.5. The van der Waals surface area contributed by atoms with Crippen molar-refractivity contribution in [1.82, 2.24) is 14.9 Å². The zero-order valence-corrected chi connectivity index (χ0v) is 25.5. The number of carbonyl (C=O) groups excluding carboxylic acids is 3. The molecule has 12 heteroatoms. The SMILES string of the molecule is COC(=O)C(=O)N[C@@H](Cc1cccc2ccccc12)C(=O)NCCC[C@@H](CO)N(CC(C)C)S(=O)(=O)c1ccc(N)cc1. The van der Waals surface area contributed by atoms with Crippen LogP contribution in [0.2, 0.25) is 0 Å². The van der Waals surface area contributed by atoms with Crippen LogP contribution in [-0.4, -0.2) is 74.5 Å². The molecule has 0 radical (unpaired) electrons. The van der Waals surface area contributed by atoms with Gasteiger partial charge in [-0.2, -0.15) is 4.31 Å². The monoisotopic (exact) mass is 612 g/mol. The van der Waals surface area contributed by atoms with Crippen molar-refractivity contribution in [3.8, 4) is 0 Å². The molecule has 0 spiro atoms. The molecular formula is C31H40N4O7S. The number of sulfonamides is 1. The van der Waals surface area contributed by atoms with Crippen LogP contribution in [0.15, 0.2) is 71.6 Å². The molecule has 3 aromatic carbocycles. The zero-order chi connectivity index (χ0) is 31.6. The number of carbonyl (C=O) groups is 3. The number of nitrogens with zero attached hydrogens (tertiary/aromatic N) is 1. The van der Waals surface area contributed by atoms with E-state index in [0.717, 1.165) is 23.4 Å². The Morgan fingerprint density at radius 3 is 2.33 bits per heavy atom. The maximum Gasteiger partial charge on any atom is 0.396 e. The van der Waals surface area contributed by atoms with E-state index in [1.807, 2.05) is 56.3 Å². The minimum Gasteiger partial charge on any atom is -0.462 e. The van der Waals surface area contributed by atoms with E-state index in [-0.39, 0.29) is 36.7 Å². The molecule has 43 heavy (non-hydrogen) atoms. The summed E-state index contributed by atoms with van der Waals surface area (Å²) in [5.41, 5.74) is 6.97. The van der Waals surface area contributed by atoms with Gasteiger partial charge < -0.3 is 26.2 Å². The van der Waals surface area contributed by atoms with Crippen molar-refractivity contribution in [2.75, 3.05) is 32.5 Å². The van der Waals surface area contributed by atoms with E-state index in [1.54, 1.807) is 0 Å². The molecule has 0 saturated carbocycles. The van der Waals surface area contributed by atoms with Gasteiger partial charge in [-0.3, -0.25) is 9.59 Å². The molecule has 5 N–H and O–H groups in total. The van der Waals surface area contributed by atoms with Gasteiger partial charge in [-0.1, -0.05) is 56.3 Å². The Hall–Kier alpha value is -4.00. The lowest BCUT2D eigenvalue weighted by molar-refractivity contribution is -0.153. The number of anilines is 1. The Bertz CT molecular complexity index is 1500. The van der Waals surface area contributed by atoms with Crippen molar-refractivity contribution in [1.29, 1.82) is 0 Å². The summed E-state index contributed by atoms with van der Waals surface area (Å²) in [6.45, 7) is 3.70. The third-order valence-corrected chi connectivity index (χ3v) is 8.89. The van der Waals surface area contributed by atoms with E-state index in [0.29, 0.717) is 12.1 Å². The highest BCUT2D eigenvalue weighted by molar-refractivity contribution is 7.89. The molecule has 0 heterocycles. The zero-order valence-electron chi connectivity index (χ0n) is 24.7. The van der Waals surface area contributed by atoms with Gasteiger partial charge in [0.1, 0.15) is 6.04 Å². The van der Waals surface area contributed by atoms with Gasteiger partial charge in [0.15, 0.2) is 0 Å². The fourth-order valence-electron chi connectivity index (χ4n) is 4.79. The third-order valence-electron chi connectivity index (χ3n) is 6.96. The molecule has 0 aliphatic heterocycles. The van der Waals surface area contributed by atoms with Crippen LogP contribution in [0.3, 0.4) is 0 Å². The molecule has 0 aliphatic rings. The fourth-order valence-corrected chi connectivity index (χ4v) is 6.60. The highest BCUT2D eigenvalue weighted by atomic mass is 32.2. The Morgan fingerprint density at radius 2 is 1.67 bits per heavy atom. The van der Waals surface area contributed by atoms with Crippen LogP contribution >= 0.6 is 0 Å². The van der Waals surface area contributed by atoms with Gasteiger partial charge in [0.2, 0.25) is 15.9 Å². The van der Waals surface area contributed by atoms with E-state index >= 15 is 0 Å². The number of amides is 2. The first-order valence-electron chi connectivity index (χ1n) is 14.1. The average molecular weight is 613 g/mol. The second-order valence-corrected chi connectivity index (χ2v) is 12.6. The molecule has 3 aromatic rings. The molecule has 0 fully saturated rings. The first kappa shape index (κ1) is 33.5. The predicted octanol–water partition coefficient (Wildman–Crippen LogP) is 2.23. The Kier molecular flexibility index (Phi) is 12.0. The third kappa shape index (κ3) is 8.99. The fraction of sp³-hybridized carbons (Fsp3) is 0.387. The van der Waals surface area contributed by atoms with Gasteiger partial charge >= 0.3 is 11.9 Å². The van der Waals surface area contributed by atoms with E-state index in [9.17, 15) is 27.9 Å². The normalized spacial score (nSPS) is 13.1. The number of aliphatic hydroxyl groups is 1. The Balaban J connectivity index is 1.71. The summed E-state index contributed by atoms with van der Waals surface area (Å²) in [5, 5.41) is 17.3. The van der Waals surface area contributed by atoms with E-state index in [2.05, 4.69) is 15.4 Å². The molecule has 232 valence electrons. The van der Waals surface area contributed by atoms with Gasteiger partial charge in [0.25, 0.3) is 0 Å². The summed E-state index contributed by atoms with van der Waals surface area (Å²) in [6, 6.07) is 17.4. The second-order valence-electron chi connectivity index (χ2n) is 10.7. The van der Waals surface area contributed by atoms with E-state index in [1.165, 1.54) is 28.6 Å². The van der Waals surface area contributed by atoms with Crippen LogP contribution in [0.5, 0.6) is 0 Å². The van der Waals surface area contributed by atoms with Gasteiger partial charge in [-0.25, -0.2) is 13.2 Å². The van der Waals surface area contributed by atoms with Crippen LogP contribution in [0.25, 0.3) is 10.8 Å². The number of methoxy groups -OCH3 is 1. The predicted molar refractivity (Wildman–Crippen MR) is 164 cm³/mol. The lowest BCUT2D eigenvalue weighted by Gasteiger charge is -2.31. The molecule has 2 atom stereocenters. The number of fused-ring (bicyclic) bond motifs is 1. The lowest BCUT2D eigenvalue weighted by Crippen LogP contribution is -2.50. The second kappa shape index (κ2) is 15.5. The number of aliphatic hydroxyl groups excluding tert-OH is 1. The maximum atomic E-state index is 13.5. The number of benzene rings is 3. The summed E-state index contributed by atoms with van der Waals surface area (Å²) in [6.07, 6.45) is 0.728.